The molecule has 1 atom stereocenters. The summed E-state index contributed by atoms with van der Waals surface area (Å²) in [5.41, 5.74) is 10.9. The van der Waals surface area contributed by atoms with Gasteiger partial charge < -0.3 is 4.90 Å². The summed E-state index contributed by atoms with van der Waals surface area (Å²) in [4.78, 5) is 2.28. The van der Waals surface area contributed by atoms with E-state index in [2.05, 4.69) is 104 Å². The van der Waals surface area contributed by atoms with E-state index in [-0.39, 0.29) is 0 Å². The first-order valence-electron chi connectivity index (χ1n) is 10.6. The topological polar surface area (TPSA) is 3.24 Å². The van der Waals surface area contributed by atoms with Crippen LogP contribution in [0.25, 0.3) is 11.1 Å². The molecule has 0 bridgehead atoms. The Kier molecular flexibility index (Phi) is 4.60. The number of benzene rings is 3. The molecule has 29 heavy (non-hydrogen) atoms. The van der Waals surface area contributed by atoms with Gasteiger partial charge in [0, 0.05) is 24.4 Å². The van der Waals surface area contributed by atoms with Crippen LogP contribution in [0.3, 0.4) is 0 Å². The zero-order valence-electron chi connectivity index (χ0n) is 17.2. The van der Waals surface area contributed by atoms with Gasteiger partial charge in [0.2, 0.25) is 0 Å². The van der Waals surface area contributed by atoms with Crippen LogP contribution in [0.2, 0.25) is 0 Å². The van der Waals surface area contributed by atoms with Gasteiger partial charge in [-0.25, -0.2) is 0 Å². The standard InChI is InChI=1S/C28H27N/c1-20-3-5-21(6-4-20)22-11-15-27(16-12-22)29(2)28-17-13-24(14-18-28)26-10-8-23-7-9-25(23)19-26/h3-6,8,10-11,13-19,22H,7,9,12H2,1-2H3. The molecule has 0 aliphatic heterocycles. The van der Waals surface area contributed by atoms with Crippen molar-refractivity contribution in [2.75, 3.05) is 11.9 Å². The molecular formula is C28H27N. The molecule has 3 aromatic carbocycles. The Morgan fingerprint density at radius 2 is 1.52 bits per heavy atom. The van der Waals surface area contributed by atoms with Crippen molar-refractivity contribution in [3.05, 3.63) is 113 Å². The van der Waals surface area contributed by atoms with Gasteiger partial charge in [0.25, 0.3) is 0 Å². The Labute approximate surface area is 174 Å². The van der Waals surface area contributed by atoms with E-state index in [1.165, 1.54) is 57.6 Å². The summed E-state index contributed by atoms with van der Waals surface area (Å²) in [5.74, 6) is 0.478. The molecule has 3 aromatic rings. The number of allylic oxidation sites excluding steroid dienone is 3. The van der Waals surface area contributed by atoms with E-state index in [1.54, 1.807) is 0 Å². The Morgan fingerprint density at radius 3 is 2.14 bits per heavy atom. The Morgan fingerprint density at radius 1 is 0.793 bits per heavy atom. The van der Waals surface area contributed by atoms with Gasteiger partial charge in [-0.05, 0) is 72.2 Å². The first kappa shape index (κ1) is 18.0. The maximum atomic E-state index is 2.36. The molecule has 0 saturated heterocycles. The zero-order chi connectivity index (χ0) is 19.8. The van der Waals surface area contributed by atoms with Crippen molar-refractivity contribution >= 4 is 5.69 Å². The average molecular weight is 378 g/mol. The Balaban J connectivity index is 1.29. The second-order valence-electron chi connectivity index (χ2n) is 8.33. The number of hydrogen-bond acceptors (Lipinski definition) is 1. The lowest BCUT2D eigenvalue weighted by Gasteiger charge is -2.25. The van der Waals surface area contributed by atoms with Gasteiger partial charge >= 0.3 is 0 Å². The fourth-order valence-electron chi connectivity index (χ4n) is 4.32. The molecule has 1 unspecified atom stereocenters. The normalized spacial score (nSPS) is 17.3. The highest BCUT2D eigenvalue weighted by Gasteiger charge is 2.15. The van der Waals surface area contributed by atoms with Gasteiger partial charge in [0.1, 0.15) is 0 Å². The van der Waals surface area contributed by atoms with Crippen molar-refractivity contribution in [3.8, 4) is 11.1 Å². The largest absolute Gasteiger partial charge is 0.345 e. The molecule has 0 heterocycles. The molecular weight excluding hydrogens is 350 g/mol. The summed E-state index contributed by atoms with van der Waals surface area (Å²) in [6, 6.07) is 24.8. The van der Waals surface area contributed by atoms with Crippen LogP contribution in [0.4, 0.5) is 5.69 Å². The molecule has 1 heteroatoms. The summed E-state index contributed by atoms with van der Waals surface area (Å²) in [5, 5.41) is 0. The smallest absolute Gasteiger partial charge is 0.0408 e. The zero-order valence-corrected chi connectivity index (χ0v) is 17.2. The third kappa shape index (κ3) is 3.53. The van der Waals surface area contributed by atoms with Gasteiger partial charge in [0.05, 0.1) is 0 Å². The van der Waals surface area contributed by atoms with Crippen LogP contribution in [0.15, 0.2) is 90.7 Å². The lowest BCUT2D eigenvalue weighted by Crippen LogP contribution is -2.17. The number of fused-ring (bicyclic) bond motifs is 1. The third-order valence-electron chi connectivity index (χ3n) is 6.43. The quantitative estimate of drug-likeness (QED) is 0.482. The van der Waals surface area contributed by atoms with Crippen LogP contribution in [0.1, 0.15) is 34.6 Å². The van der Waals surface area contributed by atoms with Crippen LogP contribution in [0.5, 0.6) is 0 Å². The van der Waals surface area contributed by atoms with E-state index < -0.39 is 0 Å². The highest BCUT2D eigenvalue weighted by Crippen LogP contribution is 2.32. The predicted molar refractivity (Wildman–Crippen MR) is 123 cm³/mol. The molecule has 144 valence electrons. The number of hydrogen-bond donors (Lipinski definition) is 0. The van der Waals surface area contributed by atoms with Gasteiger partial charge in [-0.2, -0.15) is 0 Å². The fraction of sp³-hybridized carbons (Fsp3) is 0.214. The average Bonchev–Trinajstić information content (AvgIpc) is 2.75. The second-order valence-corrected chi connectivity index (χ2v) is 8.33. The molecule has 0 radical (unpaired) electrons. The van der Waals surface area contributed by atoms with Crippen LogP contribution in [-0.2, 0) is 12.8 Å². The SMILES string of the molecule is Cc1ccc(C2C=CC(N(C)c3ccc(-c4ccc5c(c4)CC5)cc3)=CC2)cc1. The number of aryl methyl sites for hydroxylation is 3. The summed E-state index contributed by atoms with van der Waals surface area (Å²) in [6.45, 7) is 2.14. The second kappa shape index (κ2) is 7.40. The molecule has 0 amide bonds. The molecule has 0 N–H and O–H groups in total. The minimum Gasteiger partial charge on any atom is -0.345 e. The summed E-state index contributed by atoms with van der Waals surface area (Å²) >= 11 is 0. The highest BCUT2D eigenvalue weighted by molar-refractivity contribution is 5.69. The lowest BCUT2D eigenvalue weighted by atomic mass is 9.86. The summed E-state index contributed by atoms with van der Waals surface area (Å²) in [7, 11) is 2.16. The van der Waals surface area contributed by atoms with Crippen LogP contribution in [-0.4, -0.2) is 7.05 Å². The van der Waals surface area contributed by atoms with Crippen molar-refractivity contribution < 1.29 is 0 Å². The van der Waals surface area contributed by atoms with Crippen molar-refractivity contribution in [1.82, 2.24) is 0 Å². The highest BCUT2D eigenvalue weighted by atomic mass is 15.1. The van der Waals surface area contributed by atoms with Crippen LogP contribution >= 0.6 is 0 Å². The van der Waals surface area contributed by atoms with Gasteiger partial charge in [-0.1, -0.05) is 72.3 Å². The van der Waals surface area contributed by atoms with Crippen molar-refractivity contribution in [2.45, 2.75) is 32.1 Å². The first-order valence-corrected chi connectivity index (χ1v) is 10.6. The number of anilines is 1. The minimum absolute atomic E-state index is 0.478. The Bertz CT molecular complexity index is 1080. The van der Waals surface area contributed by atoms with Crippen LogP contribution in [0, 0.1) is 6.92 Å². The maximum absolute atomic E-state index is 2.36. The monoisotopic (exact) mass is 377 g/mol. The Hall–Kier alpha value is -3.06. The van der Waals surface area contributed by atoms with Gasteiger partial charge in [-0.15, -0.1) is 0 Å². The van der Waals surface area contributed by atoms with E-state index >= 15 is 0 Å². The van der Waals surface area contributed by atoms with Crippen molar-refractivity contribution in [3.63, 3.8) is 0 Å². The first-order chi connectivity index (χ1) is 14.2. The summed E-state index contributed by atoms with van der Waals surface area (Å²) in [6.07, 6.45) is 10.5. The molecule has 1 nitrogen and oxygen atoms in total. The molecule has 0 fully saturated rings. The third-order valence-corrected chi connectivity index (χ3v) is 6.43. The summed E-state index contributed by atoms with van der Waals surface area (Å²) < 4.78 is 0. The van der Waals surface area contributed by atoms with E-state index in [1.807, 2.05) is 0 Å². The molecule has 5 rings (SSSR count). The number of nitrogens with zero attached hydrogens (tertiary/aromatic N) is 1. The number of rotatable bonds is 4. The van der Waals surface area contributed by atoms with Crippen molar-refractivity contribution in [1.29, 1.82) is 0 Å². The van der Waals surface area contributed by atoms with E-state index in [4.69, 9.17) is 0 Å². The minimum atomic E-state index is 0.478. The molecule has 0 spiro atoms. The molecule has 2 aliphatic carbocycles. The molecule has 0 aromatic heterocycles. The maximum Gasteiger partial charge on any atom is 0.0408 e. The van der Waals surface area contributed by atoms with Gasteiger partial charge in [-0.3, -0.25) is 0 Å². The van der Waals surface area contributed by atoms with Crippen LogP contribution < -0.4 is 4.90 Å². The number of likely N-dealkylation sites (N-methyl/N-ethyl adjacent to an activating group) is 1. The lowest BCUT2D eigenvalue weighted by molar-refractivity contribution is 0.836. The van der Waals surface area contributed by atoms with E-state index in [0.29, 0.717) is 5.92 Å². The van der Waals surface area contributed by atoms with Crippen molar-refractivity contribution in [2.24, 2.45) is 0 Å². The van der Waals surface area contributed by atoms with E-state index in [0.717, 1.165) is 6.42 Å². The van der Waals surface area contributed by atoms with Gasteiger partial charge in [0.15, 0.2) is 0 Å². The van der Waals surface area contributed by atoms with E-state index in [9.17, 15) is 0 Å². The molecule has 2 aliphatic rings. The predicted octanol–water partition coefficient (Wildman–Crippen LogP) is 6.82. The fourth-order valence-corrected chi connectivity index (χ4v) is 4.32. The molecule has 0 saturated carbocycles.